The molecule has 2 rings (SSSR count). The molecule has 4 nitrogen and oxygen atoms in total. The van der Waals surface area contributed by atoms with Crippen LogP contribution in [0.15, 0.2) is 24.3 Å². The molecule has 0 spiro atoms. The van der Waals surface area contributed by atoms with Gasteiger partial charge in [0.2, 0.25) is 3.79 Å². The van der Waals surface area contributed by atoms with Crippen LogP contribution in [-0.4, -0.2) is 35.1 Å². The van der Waals surface area contributed by atoms with Gasteiger partial charge in [-0.3, -0.25) is 10.1 Å². The van der Waals surface area contributed by atoms with E-state index in [2.05, 4.69) is 10.6 Å². The molecule has 1 aliphatic rings. The Morgan fingerprint density at radius 3 is 2.77 bits per heavy atom. The number of nitrogens with one attached hydrogen (secondary N) is 2. The van der Waals surface area contributed by atoms with Crippen LogP contribution in [0.1, 0.15) is 23.2 Å². The number of benzene rings is 1. The molecule has 1 aromatic carbocycles. The van der Waals surface area contributed by atoms with E-state index < -0.39 is 9.96 Å². The van der Waals surface area contributed by atoms with E-state index >= 15 is 0 Å². The predicted molar refractivity (Wildman–Crippen MR) is 90.0 cm³/mol. The molecule has 2 atom stereocenters. The lowest BCUT2D eigenvalue weighted by Crippen LogP contribution is -2.54. The molecule has 0 bridgehead atoms. The van der Waals surface area contributed by atoms with Gasteiger partial charge in [0, 0.05) is 23.7 Å². The molecule has 1 heterocycles. The minimum Gasteiger partial charge on any atom is -0.377 e. The molecule has 1 fully saturated rings. The zero-order valence-electron chi connectivity index (χ0n) is 11.6. The monoisotopic (exact) mass is 384 g/mol. The molecule has 2 N–H and O–H groups in total. The fourth-order valence-electron chi connectivity index (χ4n) is 2.15. The summed E-state index contributed by atoms with van der Waals surface area (Å²) in [6.45, 7) is 1.23. The number of amides is 1. The quantitative estimate of drug-likeness (QED) is 0.602. The number of carbonyl (C=O) groups excluding carboxylic acids is 1. The molecule has 22 heavy (non-hydrogen) atoms. The maximum absolute atomic E-state index is 12.2. The summed E-state index contributed by atoms with van der Waals surface area (Å²) in [4.78, 5) is 12.2. The molecule has 0 aromatic heterocycles. The fourth-order valence-corrected chi connectivity index (χ4v) is 2.73. The minimum absolute atomic E-state index is 0.0675. The standard InChI is InChI=1S/C14H16Cl4N2O2/c15-10-4-1-3-9(7-10)12(21)20-13(14(16,17)18)19-8-11-5-2-6-22-11/h1,3-4,7,11,13,19H,2,5-6,8H2,(H,20,21)/t11-,13-/m1/s1. The second-order valence-corrected chi connectivity index (χ2v) is 7.81. The van der Waals surface area contributed by atoms with Crippen LogP contribution >= 0.6 is 46.4 Å². The maximum atomic E-state index is 12.2. The van der Waals surface area contributed by atoms with Gasteiger partial charge in [0.25, 0.3) is 5.91 Å². The van der Waals surface area contributed by atoms with E-state index in [1.165, 1.54) is 0 Å². The van der Waals surface area contributed by atoms with Gasteiger partial charge in [-0.05, 0) is 31.0 Å². The molecule has 1 saturated heterocycles. The summed E-state index contributed by atoms with van der Waals surface area (Å²) in [6.07, 6.45) is 1.19. The molecule has 0 radical (unpaired) electrons. The van der Waals surface area contributed by atoms with Crippen LogP contribution in [0.3, 0.4) is 0 Å². The third-order valence-electron chi connectivity index (χ3n) is 3.26. The molecule has 8 heteroatoms. The van der Waals surface area contributed by atoms with E-state index in [1.807, 2.05) is 0 Å². The summed E-state index contributed by atoms with van der Waals surface area (Å²) in [5, 5.41) is 6.16. The van der Waals surface area contributed by atoms with Crippen molar-refractivity contribution < 1.29 is 9.53 Å². The van der Waals surface area contributed by atoms with Crippen LogP contribution in [0.25, 0.3) is 0 Å². The van der Waals surface area contributed by atoms with Crippen molar-refractivity contribution in [1.82, 2.24) is 10.6 Å². The van der Waals surface area contributed by atoms with Crippen molar-refractivity contribution in [1.29, 1.82) is 0 Å². The molecular formula is C14H16Cl4N2O2. The Balaban J connectivity index is 1.98. The van der Waals surface area contributed by atoms with Crippen molar-refractivity contribution >= 4 is 52.3 Å². The van der Waals surface area contributed by atoms with Gasteiger partial charge < -0.3 is 10.1 Å². The molecule has 0 aliphatic carbocycles. The highest BCUT2D eigenvalue weighted by molar-refractivity contribution is 6.68. The first-order chi connectivity index (χ1) is 10.4. The lowest BCUT2D eigenvalue weighted by Gasteiger charge is -2.27. The van der Waals surface area contributed by atoms with E-state index in [0.29, 0.717) is 17.1 Å². The van der Waals surface area contributed by atoms with Crippen LogP contribution < -0.4 is 10.6 Å². The van der Waals surface area contributed by atoms with Crippen LogP contribution in [0, 0.1) is 0 Å². The van der Waals surface area contributed by atoms with E-state index in [1.54, 1.807) is 24.3 Å². The van der Waals surface area contributed by atoms with Crippen molar-refractivity contribution in [3.63, 3.8) is 0 Å². The lowest BCUT2D eigenvalue weighted by molar-refractivity contribution is 0.0897. The van der Waals surface area contributed by atoms with Crippen LogP contribution in [-0.2, 0) is 4.74 Å². The average molecular weight is 386 g/mol. The van der Waals surface area contributed by atoms with Crippen molar-refractivity contribution in [2.75, 3.05) is 13.2 Å². The smallest absolute Gasteiger partial charge is 0.252 e. The third-order valence-corrected chi connectivity index (χ3v) is 4.15. The van der Waals surface area contributed by atoms with E-state index in [-0.39, 0.29) is 12.0 Å². The second-order valence-electron chi connectivity index (χ2n) is 5.00. The first-order valence-corrected chi connectivity index (χ1v) is 8.35. The average Bonchev–Trinajstić information content (AvgIpc) is 2.95. The SMILES string of the molecule is O=C(N[C@@H](NC[C@H]1CCCO1)C(Cl)(Cl)Cl)c1cccc(Cl)c1. The molecular weight excluding hydrogens is 370 g/mol. The largest absolute Gasteiger partial charge is 0.377 e. The van der Waals surface area contributed by atoms with Crippen molar-refractivity contribution in [2.24, 2.45) is 0 Å². The van der Waals surface area contributed by atoms with Gasteiger partial charge in [-0.1, -0.05) is 52.5 Å². The Kier molecular flexibility index (Phi) is 6.62. The zero-order chi connectivity index (χ0) is 16.2. The van der Waals surface area contributed by atoms with Crippen LogP contribution in [0.5, 0.6) is 0 Å². The van der Waals surface area contributed by atoms with Crippen molar-refractivity contribution in [3.8, 4) is 0 Å². The van der Waals surface area contributed by atoms with Gasteiger partial charge in [-0.25, -0.2) is 0 Å². The van der Waals surface area contributed by atoms with E-state index in [0.717, 1.165) is 19.4 Å². The fraction of sp³-hybridized carbons (Fsp3) is 0.500. The summed E-state index contributed by atoms with van der Waals surface area (Å²) in [5.41, 5.74) is 0.394. The number of alkyl halides is 3. The number of ether oxygens (including phenoxy) is 1. The molecule has 122 valence electrons. The Bertz CT molecular complexity index is 516. The van der Waals surface area contributed by atoms with Gasteiger partial charge in [-0.15, -0.1) is 0 Å². The first kappa shape index (κ1) is 18.1. The number of carbonyl (C=O) groups is 1. The van der Waals surface area contributed by atoms with Crippen LogP contribution in [0.4, 0.5) is 0 Å². The molecule has 0 unspecified atom stereocenters. The van der Waals surface area contributed by atoms with Gasteiger partial charge in [-0.2, -0.15) is 0 Å². The number of halogens is 4. The number of hydrogen-bond donors (Lipinski definition) is 2. The topological polar surface area (TPSA) is 50.4 Å². The van der Waals surface area contributed by atoms with E-state index in [4.69, 9.17) is 51.1 Å². The lowest BCUT2D eigenvalue weighted by atomic mass is 10.2. The Morgan fingerprint density at radius 2 is 2.18 bits per heavy atom. The number of rotatable bonds is 5. The molecule has 1 aliphatic heterocycles. The Labute approximate surface area is 149 Å². The number of hydrogen-bond acceptors (Lipinski definition) is 3. The molecule has 0 saturated carbocycles. The third kappa shape index (κ3) is 5.44. The maximum Gasteiger partial charge on any atom is 0.252 e. The summed E-state index contributed by atoms with van der Waals surface area (Å²) >= 11 is 23.7. The summed E-state index contributed by atoms with van der Waals surface area (Å²) in [6, 6.07) is 6.55. The van der Waals surface area contributed by atoms with Gasteiger partial charge in [0.1, 0.15) is 6.17 Å². The minimum atomic E-state index is -1.69. The molecule has 1 aromatic rings. The van der Waals surface area contributed by atoms with Crippen LogP contribution in [0.2, 0.25) is 5.02 Å². The van der Waals surface area contributed by atoms with Gasteiger partial charge in [0.05, 0.1) is 6.10 Å². The van der Waals surface area contributed by atoms with Gasteiger partial charge in [0.15, 0.2) is 0 Å². The van der Waals surface area contributed by atoms with Crippen molar-refractivity contribution in [3.05, 3.63) is 34.9 Å². The Hall–Kier alpha value is -0.230. The second kappa shape index (κ2) is 8.04. The Morgan fingerprint density at radius 1 is 1.41 bits per heavy atom. The predicted octanol–water partition coefficient (Wildman–Crippen LogP) is 3.53. The zero-order valence-corrected chi connectivity index (χ0v) is 14.6. The van der Waals surface area contributed by atoms with E-state index in [9.17, 15) is 4.79 Å². The first-order valence-electron chi connectivity index (χ1n) is 6.84. The highest BCUT2D eigenvalue weighted by Crippen LogP contribution is 2.29. The summed E-state index contributed by atoms with van der Waals surface area (Å²) < 4.78 is 3.81. The highest BCUT2D eigenvalue weighted by Gasteiger charge is 2.34. The normalized spacial score (nSPS) is 19.9. The highest BCUT2D eigenvalue weighted by atomic mass is 35.6. The van der Waals surface area contributed by atoms with Gasteiger partial charge >= 0.3 is 0 Å². The van der Waals surface area contributed by atoms with Crippen molar-refractivity contribution in [2.45, 2.75) is 28.9 Å². The molecule has 1 amide bonds. The summed E-state index contributed by atoms with van der Waals surface area (Å²) in [7, 11) is 0. The summed E-state index contributed by atoms with van der Waals surface area (Å²) in [5.74, 6) is -0.376.